The molecule has 8 heteroatoms. The van der Waals surface area contributed by atoms with E-state index in [1.165, 1.54) is 12.3 Å². The largest absolute Gasteiger partial charge is 0.361 e. The van der Waals surface area contributed by atoms with Gasteiger partial charge in [-0.25, -0.2) is 13.1 Å². The fourth-order valence-electron chi connectivity index (χ4n) is 1.61. The van der Waals surface area contributed by atoms with E-state index in [4.69, 9.17) is 27.7 Å². The second-order valence-electron chi connectivity index (χ2n) is 4.24. The third-order valence-corrected chi connectivity index (χ3v) is 5.33. The normalized spacial score (nSPS) is 11.8. The molecule has 1 N–H and O–H groups in total. The number of halogens is 2. The molecule has 2 aromatic rings. The number of benzene rings is 1. The molecule has 0 atom stereocenters. The Hall–Kier alpha value is -1.08. The van der Waals surface area contributed by atoms with Crippen molar-refractivity contribution in [2.24, 2.45) is 0 Å². The zero-order chi connectivity index (χ0) is 14.9. The molecule has 0 amide bonds. The maximum atomic E-state index is 12.3. The highest BCUT2D eigenvalue weighted by Gasteiger charge is 2.23. The van der Waals surface area contributed by atoms with Crippen molar-refractivity contribution in [1.29, 1.82) is 0 Å². The molecule has 0 fully saturated rings. The Balaban J connectivity index is 2.32. The first-order valence-electron chi connectivity index (χ1n) is 5.67. The quantitative estimate of drug-likeness (QED) is 0.932. The summed E-state index contributed by atoms with van der Waals surface area (Å²) in [6.07, 6.45) is 1.46. The molecule has 0 saturated heterocycles. The minimum atomic E-state index is -3.82. The number of rotatable bonds is 4. The predicted molar refractivity (Wildman–Crippen MR) is 76.5 cm³/mol. The molecular weight excluding hydrogens is 323 g/mol. The van der Waals surface area contributed by atoms with E-state index in [-0.39, 0.29) is 21.5 Å². The van der Waals surface area contributed by atoms with Crippen molar-refractivity contribution in [3.05, 3.63) is 45.3 Å². The van der Waals surface area contributed by atoms with Gasteiger partial charge in [0.2, 0.25) is 10.0 Å². The van der Waals surface area contributed by atoms with E-state index in [2.05, 4.69) is 9.88 Å². The maximum Gasteiger partial charge on any atom is 0.243 e. The molecule has 0 bridgehead atoms. The van der Waals surface area contributed by atoms with Crippen molar-refractivity contribution in [3.8, 4) is 0 Å². The van der Waals surface area contributed by atoms with Gasteiger partial charge in [-0.1, -0.05) is 34.4 Å². The fraction of sp³-hybridized carbons (Fsp3) is 0.250. The standard InChI is InChI=1S/C12H12Cl2N2O3S/c1-7-3-4-10(13)12(11(7)14)20(17,18)16-6-9-5-15-19-8(9)2/h3-5,16H,6H2,1-2H3. The lowest BCUT2D eigenvalue weighted by Crippen LogP contribution is -2.24. The van der Waals surface area contributed by atoms with Gasteiger partial charge in [-0.3, -0.25) is 0 Å². The van der Waals surface area contributed by atoms with Crippen LogP contribution in [-0.4, -0.2) is 13.6 Å². The minimum absolute atomic E-state index is 0.0538. The lowest BCUT2D eigenvalue weighted by Gasteiger charge is -2.11. The summed E-state index contributed by atoms with van der Waals surface area (Å²) < 4.78 is 31.9. The molecule has 0 aliphatic rings. The van der Waals surface area contributed by atoms with Gasteiger partial charge in [0.25, 0.3) is 0 Å². The molecule has 0 saturated carbocycles. The van der Waals surface area contributed by atoms with E-state index in [0.717, 1.165) is 0 Å². The van der Waals surface area contributed by atoms with E-state index < -0.39 is 10.0 Å². The van der Waals surface area contributed by atoms with E-state index in [0.29, 0.717) is 16.9 Å². The summed E-state index contributed by atoms with van der Waals surface area (Å²) in [4.78, 5) is -0.116. The molecule has 5 nitrogen and oxygen atoms in total. The number of nitrogens with zero attached hydrogens (tertiary/aromatic N) is 1. The maximum absolute atomic E-state index is 12.3. The highest BCUT2D eigenvalue weighted by molar-refractivity contribution is 7.89. The second kappa shape index (κ2) is 5.73. The summed E-state index contributed by atoms with van der Waals surface area (Å²) in [6, 6.07) is 3.16. The third-order valence-electron chi connectivity index (χ3n) is 2.81. The Bertz CT molecular complexity index is 741. The molecule has 20 heavy (non-hydrogen) atoms. The highest BCUT2D eigenvalue weighted by atomic mass is 35.5. The van der Waals surface area contributed by atoms with Crippen LogP contribution in [0.1, 0.15) is 16.9 Å². The SMILES string of the molecule is Cc1ccc(Cl)c(S(=O)(=O)NCc2cnoc2C)c1Cl. The van der Waals surface area contributed by atoms with Crippen LogP contribution >= 0.6 is 23.2 Å². The van der Waals surface area contributed by atoms with E-state index in [1.807, 2.05) is 0 Å². The van der Waals surface area contributed by atoms with Crippen LogP contribution in [0, 0.1) is 13.8 Å². The lowest BCUT2D eigenvalue weighted by molar-refractivity contribution is 0.396. The van der Waals surface area contributed by atoms with E-state index in [1.54, 1.807) is 19.9 Å². The van der Waals surface area contributed by atoms with Crippen LogP contribution in [0.4, 0.5) is 0 Å². The van der Waals surface area contributed by atoms with Crippen molar-refractivity contribution in [3.63, 3.8) is 0 Å². The summed E-state index contributed by atoms with van der Waals surface area (Å²) in [5.41, 5.74) is 1.28. The lowest BCUT2D eigenvalue weighted by atomic mass is 10.2. The highest BCUT2D eigenvalue weighted by Crippen LogP contribution is 2.31. The number of nitrogens with one attached hydrogen (secondary N) is 1. The van der Waals surface area contributed by atoms with Gasteiger partial charge in [0, 0.05) is 12.1 Å². The van der Waals surface area contributed by atoms with Gasteiger partial charge in [0.15, 0.2) is 0 Å². The zero-order valence-electron chi connectivity index (χ0n) is 10.8. The van der Waals surface area contributed by atoms with E-state index in [9.17, 15) is 8.42 Å². The molecular formula is C12H12Cl2N2O3S. The van der Waals surface area contributed by atoms with Crippen molar-refractivity contribution in [2.75, 3.05) is 0 Å². The van der Waals surface area contributed by atoms with Crippen LogP contribution in [-0.2, 0) is 16.6 Å². The van der Waals surface area contributed by atoms with Gasteiger partial charge in [-0.05, 0) is 25.5 Å². The Morgan fingerprint density at radius 3 is 2.60 bits per heavy atom. The van der Waals surface area contributed by atoms with Crippen LogP contribution in [0.2, 0.25) is 10.0 Å². The number of hydrogen-bond donors (Lipinski definition) is 1. The average Bonchev–Trinajstić information content (AvgIpc) is 2.77. The Morgan fingerprint density at radius 1 is 1.30 bits per heavy atom. The van der Waals surface area contributed by atoms with Gasteiger partial charge < -0.3 is 4.52 Å². The molecule has 0 aliphatic carbocycles. The molecule has 1 heterocycles. The number of aromatic nitrogens is 1. The number of hydrogen-bond acceptors (Lipinski definition) is 4. The van der Waals surface area contributed by atoms with Crippen LogP contribution in [0.15, 0.2) is 27.7 Å². The molecule has 0 spiro atoms. The molecule has 0 unspecified atom stereocenters. The summed E-state index contributed by atoms with van der Waals surface area (Å²) in [5.74, 6) is 0.550. The molecule has 2 rings (SSSR count). The Labute approximate surface area is 126 Å². The summed E-state index contributed by atoms with van der Waals surface area (Å²) in [7, 11) is -3.82. The van der Waals surface area contributed by atoms with Gasteiger partial charge in [-0.2, -0.15) is 0 Å². The number of aryl methyl sites for hydroxylation is 2. The first-order chi connectivity index (χ1) is 9.33. The van der Waals surface area contributed by atoms with Crippen molar-refractivity contribution in [1.82, 2.24) is 9.88 Å². The smallest absolute Gasteiger partial charge is 0.243 e. The van der Waals surface area contributed by atoms with Crippen LogP contribution in [0.25, 0.3) is 0 Å². The molecule has 1 aromatic carbocycles. The van der Waals surface area contributed by atoms with Crippen molar-refractivity contribution < 1.29 is 12.9 Å². The molecule has 108 valence electrons. The monoisotopic (exact) mass is 334 g/mol. The summed E-state index contributed by atoms with van der Waals surface area (Å²) >= 11 is 12.0. The third kappa shape index (κ3) is 2.98. The molecule has 0 radical (unpaired) electrons. The topological polar surface area (TPSA) is 72.2 Å². The first-order valence-corrected chi connectivity index (χ1v) is 7.91. The zero-order valence-corrected chi connectivity index (χ0v) is 13.1. The van der Waals surface area contributed by atoms with E-state index >= 15 is 0 Å². The average molecular weight is 335 g/mol. The fourth-order valence-corrected chi connectivity index (χ4v) is 3.80. The first kappa shape index (κ1) is 15.3. The summed E-state index contributed by atoms with van der Waals surface area (Å²) in [6.45, 7) is 3.46. The predicted octanol–water partition coefficient (Wildman–Crippen LogP) is 3.08. The minimum Gasteiger partial charge on any atom is -0.361 e. The molecule has 1 aromatic heterocycles. The van der Waals surface area contributed by atoms with Crippen molar-refractivity contribution in [2.45, 2.75) is 25.3 Å². The Morgan fingerprint density at radius 2 is 2.00 bits per heavy atom. The van der Waals surface area contributed by atoms with Gasteiger partial charge in [0.05, 0.1) is 16.2 Å². The second-order valence-corrected chi connectivity index (χ2v) is 6.73. The Kier molecular flexibility index (Phi) is 4.39. The van der Waals surface area contributed by atoms with Crippen LogP contribution in [0.5, 0.6) is 0 Å². The van der Waals surface area contributed by atoms with Gasteiger partial charge in [-0.15, -0.1) is 0 Å². The van der Waals surface area contributed by atoms with Crippen molar-refractivity contribution >= 4 is 33.2 Å². The van der Waals surface area contributed by atoms with Gasteiger partial charge >= 0.3 is 0 Å². The van der Waals surface area contributed by atoms with Crippen LogP contribution < -0.4 is 4.72 Å². The number of sulfonamides is 1. The summed E-state index contributed by atoms with van der Waals surface area (Å²) in [5, 5.41) is 3.78. The van der Waals surface area contributed by atoms with Crippen LogP contribution in [0.3, 0.4) is 0 Å². The van der Waals surface area contributed by atoms with Gasteiger partial charge in [0.1, 0.15) is 10.7 Å². The molecule has 0 aliphatic heterocycles.